The summed E-state index contributed by atoms with van der Waals surface area (Å²) in [6, 6.07) is 12.2. The number of hydrogen-bond donors (Lipinski definition) is 1. The highest BCUT2D eigenvalue weighted by Gasteiger charge is 2.08. The molecule has 21 heavy (non-hydrogen) atoms. The van der Waals surface area contributed by atoms with Crippen molar-refractivity contribution in [1.29, 1.82) is 0 Å². The van der Waals surface area contributed by atoms with Crippen molar-refractivity contribution in [3.05, 3.63) is 42.1 Å². The Morgan fingerprint density at radius 3 is 2.52 bits per heavy atom. The second-order valence-electron chi connectivity index (χ2n) is 5.69. The summed E-state index contributed by atoms with van der Waals surface area (Å²) >= 11 is 0. The molecule has 0 radical (unpaired) electrons. The average Bonchev–Trinajstić information content (AvgIpc) is 2.46. The molecule has 0 unspecified atom stereocenters. The van der Waals surface area contributed by atoms with Crippen molar-refractivity contribution in [2.45, 2.75) is 27.2 Å². The Morgan fingerprint density at radius 1 is 1.14 bits per heavy atom. The Bertz CT molecular complexity index is 566. The van der Waals surface area contributed by atoms with Gasteiger partial charge in [-0.1, -0.05) is 32.0 Å². The predicted molar refractivity (Wildman–Crippen MR) is 89.2 cm³/mol. The van der Waals surface area contributed by atoms with E-state index in [1.165, 1.54) is 0 Å². The van der Waals surface area contributed by atoms with Gasteiger partial charge in [-0.3, -0.25) is 0 Å². The molecule has 1 N–H and O–H groups in total. The monoisotopic (exact) mass is 284 g/mol. The van der Waals surface area contributed by atoms with Gasteiger partial charge in [0, 0.05) is 31.0 Å². The maximum atomic E-state index is 4.61. The zero-order chi connectivity index (χ0) is 15.2. The Hall–Kier alpha value is -2.10. The fourth-order valence-corrected chi connectivity index (χ4v) is 2.06. The van der Waals surface area contributed by atoms with Gasteiger partial charge in [0.15, 0.2) is 0 Å². The van der Waals surface area contributed by atoms with Gasteiger partial charge in [0.05, 0.1) is 0 Å². The molecular formula is C17H24N4. The minimum atomic E-state index is 0.675. The molecule has 0 saturated heterocycles. The van der Waals surface area contributed by atoms with Gasteiger partial charge in [-0.05, 0) is 31.4 Å². The molecule has 0 bridgehead atoms. The van der Waals surface area contributed by atoms with E-state index in [0.717, 1.165) is 30.2 Å². The summed E-state index contributed by atoms with van der Waals surface area (Å²) < 4.78 is 0. The highest BCUT2D eigenvalue weighted by atomic mass is 15.2. The molecule has 0 aliphatic carbocycles. The van der Waals surface area contributed by atoms with Gasteiger partial charge in [0.1, 0.15) is 5.82 Å². The van der Waals surface area contributed by atoms with Gasteiger partial charge in [-0.25, -0.2) is 4.98 Å². The van der Waals surface area contributed by atoms with Crippen LogP contribution in [0, 0.1) is 12.8 Å². The van der Waals surface area contributed by atoms with Crippen LogP contribution in [0.4, 0.5) is 17.5 Å². The third-order valence-corrected chi connectivity index (χ3v) is 3.33. The van der Waals surface area contributed by atoms with E-state index in [9.17, 15) is 0 Å². The van der Waals surface area contributed by atoms with Crippen LogP contribution in [0.2, 0.25) is 0 Å². The molecule has 4 heteroatoms. The number of rotatable bonds is 6. The summed E-state index contributed by atoms with van der Waals surface area (Å²) in [5.74, 6) is 2.28. The van der Waals surface area contributed by atoms with Gasteiger partial charge >= 0.3 is 0 Å². The number of hydrogen-bond acceptors (Lipinski definition) is 4. The maximum Gasteiger partial charge on any atom is 0.224 e. The van der Waals surface area contributed by atoms with Gasteiger partial charge < -0.3 is 10.2 Å². The Kier molecular flexibility index (Phi) is 5.14. The molecule has 0 atom stereocenters. The first kappa shape index (κ1) is 15.3. The predicted octanol–water partition coefficient (Wildman–Crippen LogP) is 4.01. The van der Waals surface area contributed by atoms with Crippen LogP contribution in [0.5, 0.6) is 0 Å². The SMILES string of the molecule is Cc1cc(N(C)c2ccccc2)nc(NCCC(C)C)n1. The Morgan fingerprint density at radius 2 is 1.86 bits per heavy atom. The van der Waals surface area contributed by atoms with Crippen LogP contribution in [-0.2, 0) is 0 Å². The summed E-state index contributed by atoms with van der Waals surface area (Å²) in [4.78, 5) is 11.1. The van der Waals surface area contributed by atoms with E-state index >= 15 is 0 Å². The van der Waals surface area contributed by atoms with E-state index < -0.39 is 0 Å². The normalized spacial score (nSPS) is 10.7. The molecule has 0 amide bonds. The van der Waals surface area contributed by atoms with Crippen LogP contribution >= 0.6 is 0 Å². The van der Waals surface area contributed by atoms with Crippen molar-refractivity contribution in [3.8, 4) is 0 Å². The van der Waals surface area contributed by atoms with Crippen LogP contribution in [0.3, 0.4) is 0 Å². The van der Waals surface area contributed by atoms with Crippen LogP contribution in [0.1, 0.15) is 26.0 Å². The zero-order valence-electron chi connectivity index (χ0n) is 13.3. The number of para-hydroxylation sites is 1. The smallest absolute Gasteiger partial charge is 0.224 e. The minimum absolute atomic E-state index is 0.675. The van der Waals surface area contributed by atoms with Gasteiger partial charge in [0.25, 0.3) is 0 Å². The van der Waals surface area contributed by atoms with E-state index in [1.807, 2.05) is 38.2 Å². The molecule has 0 aliphatic rings. The van der Waals surface area contributed by atoms with E-state index in [2.05, 4.69) is 46.2 Å². The molecule has 112 valence electrons. The lowest BCUT2D eigenvalue weighted by molar-refractivity contribution is 0.606. The van der Waals surface area contributed by atoms with E-state index in [-0.39, 0.29) is 0 Å². The fraction of sp³-hybridized carbons (Fsp3) is 0.412. The highest BCUT2D eigenvalue weighted by Crippen LogP contribution is 2.22. The lowest BCUT2D eigenvalue weighted by Gasteiger charge is -2.19. The van der Waals surface area contributed by atoms with E-state index in [1.54, 1.807) is 0 Å². The average molecular weight is 284 g/mol. The first-order chi connectivity index (χ1) is 10.1. The first-order valence-corrected chi connectivity index (χ1v) is 7.44. The third-order valence-electron chi connectivity index (χ3n) is 3.33. The molecule has 0 spiro atoms. The summed E-state index contributed by atoms with van der Waals surface area (Å²) in [7, 11) is 2.02. The van der Waals surface area contributed by atoms with Gasteiger partial charge in [0.2, 0.25) is 5.95 Å². The molecule has 1 aromatic carbocycles. The first-order valence-electron chi connectivity index (χ1n) is 7.44. The Balaban J connectivity index is 2.14. The standard InChI is InChI=1S/C17H24N4/c1-13(2)10-11-18-17-19-14(3)12-16(20-17)21(4)15-8-6-5-7-9-15/h5-9,12-13H,10-11H2,1-4H3,(H,18,19,20). The van der Waals surface area contributed by atoms with Crippen molar-refractivity contribution in [1.82, 2.24) is 9.97 Å². The van der Waals surface area contributed by atoms with Crippen molar-refractivity contribution in [2.24, 2.45) is 5.92 Å². The second kappa shape index (κ2) is 7.07. The van der Waals surface area contributed by atoms with Crippen LogP contribution < -0.4 is 10.2 Å². The molecule has 2 rings (SSSR count). The molecule has 1 aromatic heterocycles. The molecule has 2 aromatic rings. The number of nitrogens with one attached hydrogen (secondary N) is 1. The van der Waals surface area contributed by atoms with Gasteiger partial charge in [-0.15, -0.1) is 0 Å². The molecule has 1 heterocycles. The van der Waals surface area contributed by atoms with E-state index in [4.69, 9.17) is 0 Å². The lowest BCUT2D eigenvalue weighted by Crippen LogP contribution is -2.14. The summed E-state index contributed by atoms with van der Waals surface area (Å²) in [5.41, 5.74) is 2.08. The lowest BCUT2D eigenvalue weighted by atomic mass is 10.1. The number of aryl methyl sites for hydroxylation is 1. The van der Waals surface area contributed by atoms with Crippen molar-refractivity contribution in [2.75, 3.05) is 23.8 Å². The number of aromatic nitrogens is 2. The van der Waals surface area contributed by atoms with Crippen molar-refractivity contribution >= 4 is 17.5 Å². The molecule has 4 nitrogen and oxygen atoms in total. The van der Waals surface area contributed by atoms with Crippen LogP contribution in [-0.4, -0.2) is 23.6 Å². The topological polar surface area (TPSA) is 41.1 Å². The largest absolute Gasteiger partial charge is 0.354 e. The summed E-state index contributed by atoms with van der Waals surface area (Å²) in [5, 5.41) is 3.31. The van der Waals surface area contributed by atoms with Gasteiger partial charge in [-0.2, -0.15) is 4.98 Å². The molecule has 0 aliphatic heterocycles. The second-order valence-corrected chi connectivity index (χ2v) is 5.69. The summed E-state index contributed by atoms with van der Waals surface area (Å²) in [6.07, 6.45) is 1.11. The molecule has 0 fully saturated rings. The highest BCUT2D eigenvalue weighted by molar-refractivity contribution is 5.60. The Labute approximate surface area is 127 Å². The minimum Gasteiger partial charge on any atom is -0.354 e. The van der Waals surface area contributed by atoms with Crippen molar-refractivity contribution < 1.29 is 0 Å². The third kappa shape index (κ3) is 4.45. The number of benzene rings is 1. The number of anilines is 3. The quantitative estimate of drug-likeness (QED) is 0.870. The van der Waals surface area contributed by atoms with Crippen LogP contribution in [0.15, 0.2) is 36.4 Å². The van der Waals surface area contributed by atoms with Crippen LogP contribution in [0.25, 0.3) is 0 Å². The number of nitrogens with zero attached hydrogens (tertiary/aromatic N) is 3. The van der Waals surface area contributed by atoms with Crippen molar-refractivity contribution in [3.63, 3.8) is 0 Å². The molecule has 0 saturated carbocycles. The molecular weight excluding hydrogens is 260 g/mol. The summed E-state index contributed by atoms with van der Waals surface area (Å²) in [6.45, 7) is 7.33. The zero-order valence-corrected chi connectivity index (χ0v) is 13.3. The van der Waals surface area contributed by atoms with E-state index in [0.29, 0.717) is 11.9 Å². The maximum absolute atomic E-state index is 4.61. The fourth-order valence-electron chi connectivity index (χ4n) is 2.06.